The lowest BCUT2D eigenvalue weighted by atomic mass is 10.1. The van der Waals surface area contributed by atoms with Crippen LogP contribution in [0.15, 0.2) is 79.0 Å². The summed E-state index contributed by atoms with van der Waals surface area (Å²) in [6.07, 6.45) is -2.87. The summed E-state index contributed by atoms with van der Waals surface area (Å²) >= 11 is 0. The smallest absolute Gasteiger partial charge is 0.338 e. The Balaban J connectivity index is 1.37. The van der Waals surface area contributed by atoms with Crippen LogP contribution in [0.5, 0.6) is 0 Å². The van der Waals surface area contributed by atoms with Gasteiger partial charge in [-0.25, -0.2) is 9.67 Å². The summed E-state index contributed by atoms with van der Waals surface area (Å²) in [6.45, 7) is 1.88. The molecule has 11 heteroatoms. The third-order valence-electron chi connectivity index (χ3n) is 5.81. The number of amides is 1. The van der Waals surface area contributed by atoms with Crippen LogP contribution in [0.2, 0.25) is 0 Å². The maximum absolute atomic E-state index is 13.0. The molecular weight excluding hydrogens is 495 g/mol. The Labute approximate surface area is 215 Å². The lowest BCUT2D eigenvalue weighted by molar-refractivity contribution is -0.137. The zero-order valence-corrected chi connectivity index (χ0v) is 20.3. The number of benzene rings is 3. The number of aryl methyl sites for hydroxylation is 2. The molecular formula is C27H22F3N7O. The summed E-state index contributed by atoms with van der Waals surface area (Å²) < 4.78 is 40.7. The summed E-state index contributed by atoms with van der Waals surface area (Å²) in [5.41, 5.74) is 2.40. The number of fused-ring (bicyclic) bond motifs is 1. The highest BCUT2D eigenvalue weighted by Crippen LogP contribution is 2.31. The maximum atomic E-state index is 13.0. The fourth-order valence-corrected chi connectivity index (χ4v) is 3.84. The molecule has 0 aliphatic rings. The molecule has 0 unspecified atom stereocenters. The zero-order chi connectivity index (χ0) is 26.9. The second kappa shape index (κ2) is 9.85. The van der Waals surface area contributed by atoms with Gasteiger partial charge < -0.3 is 16.0 Å². The van der Waals surface area contributed by atoms with Gasteiger partial charge in [-0.2, -0.15) is 23.3 Å². The Kier molecular flexibility index (Phi) is 6.41. The summed E-state index contributed by atoms with van der Waals surface area (Å²) in [6, 6.07) is 19.0. The standard InChI is InChI=1S/C27H22F3N7O/c1-16-11-12-20(32-25(38)17-7-6-8-18(13-17)27(28,29)30)14-22(16)34-23-21-15-31-26(35-24(21)37(2)36-23)33-19-9-4-3-5-10-19/h3-15H,1-2H3,(H,32,38)(H,34,36)(H,31,33,35). The minimum absolute atomic E-state index is 0.0947. The van der Waals surface area contributed by atoms with Crippen LogP contribution in [0.25, 0.3) is 11.0 Å². The molecule has 192 valence electrons. The second-order valence-corrected chi connectivity index (χ2v) is 8.58. The Morgan fingerprint density at radius 3 is 2.47 bits per heavy atom. The lowest BCUT2D eigenvalue weighted by Crippen LogP contribution is -2.14. The molecule has 5 aromatic rings. The Morgan fingerprint density at radius 1 is 0.921 bits per heavy atom. The summed E-state index contributed by atoms with van der Waals surface area (Å²) in [5, 5.41) is 14.3. The molecule has 0 bridgehead atoms. The van der Waals surface area contributed by atoms with Gasteiger partial charge in [-0.15, -0.1) is 0 Å². The van der Waals surface area contributed by atoms with Gasteiger partial charge in [0, 0.05) is 35.9 Å². The monoisotopic (exact) mass is 517 g/mol. The van der Waals surface area contributed by atoms with Crippen LogP contribution in [-0.2, 0) is 13.2 Å². The summed E-state index contributed by atoms with van der Waals surface area (Å²) in [5.74, 6) is 0.285. The van der Waals surface area contributed by atoms with Gasteiger partial charge in [-0.3, -0.25) is 4.79 Å². The summed E-state index contributed by atoms with van der Waals surface area (Å²) in [4.78, 5) is 21.6. The van der Waals surface area contributed by atoms with E-state index in [1.54, 1.807) is 36.1 Å². The SMILES string of the molecule is Cc1ccc(NC(=O)c2cccc(C(F)(F)F)c2)cc1Nc1nn(C)c2nc(Nc3ccccc3)ncc12. The van der Waals surface area contributed by atoms with E-state index >= 15 is 0 Å². The molecule has 0 saturated heterocycles. The van der Waals surface area contributed by atoms with Gasteiger partial charge in [0.25, 0.3) is 5.91 Å². The molecule has 0 fully saturated rings. The quantitative estimate of drug-likeness (QED) is 0.240. The Hall–Kier alpha value is -4.93. The topological polar surface area (TPSA) is 96.8 Å². The van der Waals surface area contributed by atoms with Gasteiger partial charge in [0.05, 0.1) is 10.9 Å². The molecule has 0 aliphatic carbocycles. The van der Waals surface area contributed by atoms with Crippen LogP contribution in [0.1, 0.15) is 21.5 Å². The van der Waals surface area contributed by atoms with Crippen molar-refractivity contribution < 1.29 is 18.0 Å². The molecule has 2 heterocycles. The average molecular weight is 518 g/mol. The van der Waals surface area contributed by atoms with Crippen LogP contribution in [0, 0.1) is 6.92 Å². The van der Waals surface area contributed by atoms with Crippen molar-refractivity contribution in [3.63, 3.8) is 0 Å². The van der Waals surface area contributed by atoms with E-state index in [0.717, 1.165) is 23.4 Å². The average Bonchev–Trinajstić information content (AvgIpc) is 3.20. The number of para-hydroxylation sites is 1. The van der Waals surface area contributed by atoms with Crippen molar-refractivity contribution in [2.45, 2.75) is 13.1 Å². The van der Waals surface area contributed by atoms with Crippen LogP contribution in [0.4, 0.5) is 42.0 Å². The minimum atomic E-state index is -4.54. The predicted molar refractivity (Wildman–Crippen MR) is 140 cm³/mol. The minimum Gasteiger partial charge on any atom is -0.338 e. The van der Waals surface area contributed by atoms with Gasteiger partial charge in [-0.05, 0) is 55.0 Å². The first-order chi connectivity index (χ1) is 18.2. The van der Waals surface area contributed by atoms with E-state index in [1.807, 2.05) is 37.3 Å². The first-order valence-electron chi connectivity index (χ1n) is 11.6. The van der Waals surface area contributed by atoms with E-state index in [1.165, 1.54) is 12.1 Å². The molecule has 38 heavy (non-hydrogen) atoms. The number of carbonyl (C=O) groups excluding carboxylic acids is 1. The van der Waals surface area contributed by atoms with E-state index in [2.05, 4.69) is 31.0 Å². The number of rotatable bonds is 6. The van der Waals surface area contributed by atoms with Gasteiger partial charge in [-0.1, -0.05) is 30.3 Å². The molecule has 0 atom stereocenters. The number of halogens is 3. The van der Waals surface area contributed by atoms with Gasteiger partial charge in [0.15, 0.2) is 11.5 Å². The van der Waals surface area contributed by atoms with Crippen LogP contribution in [0.3, 0.4) is 0 Å². The Morgan fingerprint density at radius 2 is 1.71 bits per heavy atom. The normalized spacial score (nSPS) is 11.4. The van der Waals surface area contributed by atoms with E-state index < -0.39 is 17.6 Å². The number of nitrogens with zero attached hydrogens (tertiary/aromatic N) is 4. The van der Waals surface area contributed by atoms with Crippen LogP contribution >= 0.6 is 0 Å². The van der Waals surface area contributed by atoms with E-state index in [-0.39, 0.29) is 5.56 Å². The van der Waals surface area contributed by atoms with Crippen molar-refractivity contribution in [2.24, 2.45) is 7.05 Å². The highest BCUT2D eigenvalue weighted by atomic mass is 19.4. The van der Waals surface area contributed by atoms with E-state index in [9.17, 15) is 18.0 Å². The molecule has 0 spiro atoms. The molecule has 5 rings (SSSR count). The number of nitrogens with one attached hydrogen (secondary N) is 3. The fraction of sp³-hybridized carbons (Fsp3) is 0.111. The second-order valence-electron chi connectivity index (χ2n) is 8.58. The molecule has 1 amide bonds. The Bertz CT molecular complexity index is 1630. The number of alkyl halides is 3. The van der Waals surface area contributed by atoms with E-state index in [4.69, 9.17) is 0 Å². The maximum Gasteiger partial charge on any atom is 0.416 e. The number of aromatic nitrogens is 4. The zero-order valence-electron chi connectivity index (χ0n) is 20.3. The molecule has 0 aliphatic heterocycles. The van der Waals surface area contributed by atoms with Crippen molar-refractivity contribution in [1.29, 1.82) is 0 Å². The van der Waals surface area contributed by atoms with Crippen molar-refractivity contribution in [3.05, 3.63) is 95.7 Å². The van der Waals surface area contributed by atoms with Crippen molar-refractivity contribution in [1.82, 2.24) is 19.7 Å². The van der Waals surface area contributed by atoms with Crippen molar-refractivity contribution >= 4 is 45.8 Å². The van der Waals surface area contributed by atoms with E-state index in [0.29, 0.717) is 34.2 Å². The number of hydrogen-bond acceptors (Lipinski definition) is 6. The third-order valence-corrected chi connectivity index (χ3v) is 5.81. The molecule has 8 nitrogen and oxygen atoms in total. The molecule has 2 aromatic heterocycles. The van der Waals surface area contributed by atoms with Crippen molar-refractivity contribution in [2.75, 3.05) is 16.0 Å². The van der Waals surface area contributed by atoms with Crippen LogP contribution < -0.4 is 16.0 Å². The van der Waals surface area contributed by atoms with Gasteiger partial charge in [0.1, 0.15) is 0 Å². The van der Waals surface area contributed by atoms with Crippen LogP contribution in [-0.4, -0.2) is 25.7 Å². The molecule has 0 saturated carbocycles. The van der Waals surface area contributed by atoms with Crippen molar-refractivity contribution in [3.8, 4) is 0 Å². The lowest BCUT2D eigenvalue weighted by Gasteiger charge is -2.12. The number of carbonyl (C=O) groups is 1. The number of hydrogen-bond donors (Lipinski definition) is 3. The summed E-state index contributed by atoms with van der Waals surface area (Å²) in [7, 11) is 1.77. The molecule has 0 radical (unpaired) electrons. The molecule has 3 aromatic carbocycles. The highest BCUT2D eigenvalue weighted by molar-refractivity contribution is 6.04. The highest BCUT2D eigenvalue weighted by Gasteiger charge is 2.30. The predicted octanol–water partition coefficient (Wildman–Crippen LogP) is 6.43. The first-order valence-corrected chi connectivity index (χ1v) is 11.6. The first kappa shape index (κ1) is 24.8. The largest absolute Gasteiger partial charge is 0.416 e. The fourth-order valence-electron chi connectivity index (χ4n) is 3.84. The third kappa shape index (κ3) is 5.26. The molecule has 3 N–H and O–H groups in total. The number of anilines is 5. The van der Waals surface area contributed by atoms with Gasteiger partial charge >= 0.3 is 6.18 Å². The van der Waals surface area contributed by atoms with Gasteiger partial charge in [0.2, 0.25) is 5.95 Å².